The van der Waals surface area contributed by atoms with Gasteiger partial charge in [-0.15, -0.1) is 11.3 Å². The van der Waals surface area contributed by atoms with Crippen molar-refractivity contribution in [1.29, 1.82) is 0 Å². The lowest BCUT2D eigenvalue weighted by Gasteiger charge is -2.46. The molecule has 0 aliphatic carbocycles. The summed E-state index contributed by atoms with van der Waals surface area (Å²) >= 11 is 8.09. The Bertz CT molecular complexity index is 1480. The number of anilines is 1. The normalized spacial score (nSPS) is 21.8. The van der Waals surface area contributed by atoms with Gasteiger partial charge in [-0.25, -0.2) is 8.42 Å². The molecule has 2 fully saturated rings. The summed E-state index contributed by atoms with van der Waals surface area (Å²) in [5.41, 5.74) is 3.09. The first-order chi connectivity index (χ1) is 17.5. The largest absolute Gasteiger partial charge is 0.489 e. The number of benzene rings is 1. The molecule has 8 nitrogen and oxygen atoms in total. The van der Waals surface area contributed by atoms with Gasteiger partial charge in [0.05, 0.1) is 52.6 Å². The van der Waals surface area contributed by atoms with Crippen LogP contribution in [0.25, 0.3) is 21.3 Å². The van der Waals surface area contributed by atoms with Crippen LogP contribution in [0.1, 0.15) is 32.1 Å². The molecule has 5 heterocycles. The van der Waals surface area contributed by atoms with E-state index in [2.05, 4.69) is 9.88 Å². The number of ether oxygens (including phenoxy) is 2. The maximum absolute atomic E-state index is 13.6. The van der Waals surface area contributed by atoms with Crippen LogP contribution >= 0.6 is 22.9 Å². The average Bonchev–Trinajstić information content (AvgIpc) is 3.44. The third-order valence-electron chi connectivity index (χ3n) is 7.59. The second kappa shape index (κ2) is 8.79. The van der Waals surface area contributed by atoms with Crippen molar-refractivity contribution in [3.05, 3.63) is 40.4 Å². The van der Waals surface area contributed by atoms with Crippen molar-refractivity contribution in [2.75, 3.05) is 37.8 Å². The fraction of sp³-hybridized carbons (Fsp3) is 0.500. The highest BCUT2D eigenvalue weighted by atomic mass is 35.5. The molecular weight excluding hydrogens is 534 g/mol. The zero-order chi connectivity index (χ0) is 26.2. The van der Waals surface area contributed by atoms with E-state index in [0.717, 1.165) is 31.9 Å². The number of rotatable bonds is 4. The standard InChI is InChI=1S/C26H30ClN3O5S2/c1-25(2,3)37(32,33)30-12-17(11-26(30)14-34-15-26)29-6-7-35-22-9-16(27)8-20(23(22)29)19-4-5-28-21-10-18(13-31)36-24(19)21/h4-5,8-10,17,31H,6-7,11-15H2,1-3H3/t17-/m1/s1. The molecule has 11 heteroatoms. The molecule has 0 unspecified atom stereocenters. The predicted molar refractivity (Wildman–Crippen MR) is 146 cm³/mol. The van der Waals surface area contributed by atoms with E-state index in [1.165, 1.54) is 11.3 Å². The Morgan fingerprint density at radius 2 is 2.03 bits per heavy atom. The van der Waals surface area contributed by atoms with Gasteiger partial charge in [0.15, 0.2) is 0 Å². The monoisotopic (exact) mass is 563 g/mol. The first kappa shape index (κ1) is 25.3. The van der Waals surface area contributed by atoms with Crippen LogP contribution in [0.3, 0.4) is 0 Å². The Balaban J connectivity index is 1.47. The molecule has 0 amide bonds. The lowest BCUT2D eigenvalue weighted by Crippen LogP contribution is -2.62. The quantitative estimate of drug-likeness (QED) is 0.506. The maximum Gasteiger partial charge on any atom is 0.219 e. The predicted octanol–water partition coefficient (Wildman–Crippen LogP) is 4.28. The molecule has 37 heavy (non-hydrogen) atoms. The van der Waals surface area contributed by atoms with E-state index in [1.54, 1.807) is 31.3 Å². The van der Waals surface area contributed by atoms with Crippen molar-refractivity contribution in [2.24, 2.45) is 0 Å². The minimum Gasteiger partial charge on any atom is -0.489 e. The van der Waals surface area contributed by atoms with Gasteiger partial charge in [-0.3, -0.25) is 4.98 Å². The first-order valence-corrected chi connectivity index (χ1v) is 15.0. The highest BCUT2D eigenvalue weighted by molar-refractivity contribution is 7.90. The minimum absolute atomic E-state index is 0.0442. The summed E-state index contributed by atoms with van der Waals surface area (Å²) < 4.78 is 40.7. The molecule has 2 aromatic heterocycles. The number of hydrogen-bond acceptors (Lipinski definition) is 8. The van der Waals surface area contributed by atoms with E-state index in [1.807, 2.05) is 24.3 Å². The van der Waals surface area contributed by atoms with Crippen LogP contribution in [-0.4, -0.2) is 72.1 Å². The fourth-order valence-corrected chi connectivity index (χ4v) is 8.61. The zero-order valence-corrected chi connectivity index (χ0v) is 23.4. The van der Waals surface area contributed by atoms with Crippen LogP contribution in [0.15, 0.2) is 30.5 Å². The number of aliphatic hydroxyl groups is 1. The lowest BCUT2D eigenvalue weighted by molar-refractivity contribution is -0.0968. The molecule has 6 rings (SSSR count). The van der Waals surface area contributed by atoms with Gasteiger partial charge in [0.1, 0.15) is 12.4 Å². The molecule has 2 saturated heterocycles. The molecular formula is C26H30ClN3O5S2. The molecule has 1 spiro atoms. The first-order valence-electron chi connectivity index (χ1n) is 12.4. The van der Waals surface area contributed by atoms with Crippen LogP contribution in [0.5, 0.6) is 5.75 Å². The Morgan fingerprint density at radius 3 is 2.70 bits per heavy atom. The van der Waals surface area contributed by atoms with E-state index in [4.69, 9.17) is 21.1 Å². The Labute approximate surface area is 225 Å². The van der Waals surface area contributed by atoms with E-state index in [-0.39, 0.29) is 12.6 Å². The smallest absolute Gasteiger partial charge is 0.219 e. The summed E-state index contributed by atoms with van der Waals surface area (Å²) in [5, 5.41) is 10.3. The number of aliphatic hydroxyl groups excluding tert-OH is 1. The number of sulfonamides is 1. The topological polar surface area (TPSA) is 92.2 Å². The van der Waals surface area contributed by atoms with Crippen molar-refractivity contribution < 1.29 is 23.0 Å². The molecule has 1 N–H and O–H groups in total. The number of halogens is 1. The van der Waals surface area contributed by atoms with Crippen LogP contribution < -0.4 is 9.64 Å². The zero-order valence-electron chi connectivity index (χ0n) is 21.0. The van der Waals surface area contributed by atoms with Gasteiger partial charge < -0.3 is 19.5 Å². The van der Waals surface area contributed by atoms with Crippen molar-refractivity contribution in [1.82, 2.24) is 9.29 Å². The lowest BCUT2D eigenvalue weighted by atomic mass is 9.92. The van der Waals surface area contributed by atoms with Crippen LogP contribution in [0.2, 0.25) is 5.02 Å². The Hall–Kier alpha value is -1.95. The van der Waals surface area contributed by atoms with Crippen molar-refractivity contribution >= 4 is 48.9 Å². The number of thiophene rings is 1. The van der Waals surface area contributed by atoms with Crippen molar-refractivity contribution in [3.8, 4) is 16.9 Å². The van der Waals surface area contributed by atoms with E-state index >= 15 is 0 Å². The number of aromatic nitrogens is 1. The SMILES string of the molecule is CC(C)(C)S(=O)(=O)N1C[C@H](N2CCOc3cc(Cl)cc(-c4ccnc5cc(CO)sc45)c32)CC12COC2. The Kier molecular flexibility index (Phi) is 6.02. The fourth-order valence-electron chi connectivity index (χ4n) is 5.68. The van der Waals surface area contributed by atoms with Crippen LogP contribution in [0.4, 0.5) is 5.69 Å². The molecule has 3 aliphatic heterocycles. The van der Waals surface area contributed by atoms with Crippen LogP contribution in [-0.2, 0) is 21.4 Å². The third-order valence-corrected chi connectivity index (χ3v) is 11.6. The molecule has 1 aromatic carbocycles. The molecule has 3 aromatic rings. The van der Waals surface area contributed by atoms with Crippen molar-refractivity contribution in [2.45, 2.75) is 50.1 Å². The molecule has 0 bridgehead atoms. The molecule has 3 aliphatic rings. The van der Waals surface area contributed by atoms with Gasteiger partial charge in [0, 0.05) is 45.9 Å². The molecule has 1 atom stereocenters. The number of pyridine rings is 1. The van der Waals surface area contributed by atoms with Crippen molar-refractivity contribution in [3.63, 3.8) is 0 Å². The summed E-state index contributed by atoms with van der Waals surface area (Å²) in [6.45, 7) is 7.54. The number of hydrogen-bond donors (Lipinski definition) is 1. The van der Waals surface area contributed by atoms with Gasteiger partial charge in [0.25, 0.3) is 0 Å². The van der Waals surface area contributed by atoms with Gasteiger partial charge in [-0.1, -0.05) is 11.6 Å². The summed E-state index contributed by atoms with van der Waals surface area (Å²) in [4.78, 5) is 7.64. The highest BCUT2D eigenvalue weighted by Crippen LogP contribution is 2.50. The van der Waals surface area contributed by atoms with E-state index in [9.17, 15) is 13.5 Å². The molecule has 198 valence electrons. The highest BCUT2D eigenvalue weighted by Gasteiger charge is 2.59. The van der Waals surface area contributed by atoms with E-state index < -0.39 is 20.3 Å². The van der Waals surface area contributed by atoms with Gasteiger partial charge in [0.2, 0.25) is 10.0 Å². The summed E-state index contributed by atoms with van der Waals surface area (Å²) in [6.07, 6.45) is 2.45. The summed E-state index contributed by atoms with van der Waals surface area (Å²) in [7, 11) is -3.55. The average molecular weight is 564 g/mol. The second-order valence-electron chi connectivity index (χ2n) is 11.0. The third kappa shape index (κ3) is 3.95. The second-order valence-corrected chi connectivity index (χ2v) is 15.2. The maximum atomic E-state index is 13.6. The van der Waals surface area contributed by atoms with Gasteiger partial charge >= 0.3 is 0 Å². The molecule has 0 saturated carbocycles. The molecule has 0 radical (unpaired) electrons. The Morgan fingerprint density at radius 1 is 1.24 bits per heavy atom. The van der Waals surface area contributed by atoms with Gasteiger partial charge in [-0.2, -0.15) is 4.31 Å². The van der Waals surface area contributed by atoms with Crippen LogP contribution in [0, 0.1) is 0 Å². The summed E-state index contributed by atoms with van der Waals surface area (Å²) in [5.74, 6) is 0.689. The number of fused-ring (bicyclic) bond motifs is 2. The summed E-state index contributed by atoms with van der Waals surface area (Å²) in [6, 6.07) is 7.60. The van der Waals surface area contributed by atoms with Gasteiger partial charge in [-0.05, 0) is 45.4 Å². The minimum atomic E-state index is -3.55. The number of nitrogens with zero attached hydrogens (tertiary/aromatic N) is 3. The van der Waals surface area contributed by atoms with E-state index in [0.29, 0.717) is 50.1 Å².